The van der Waals surface area contributed by atoms with Gasteiger partial charge >= 0.3 is 0 Å². The molecule has 0 atom stereocenters. The highest BCUT2D eigenvalue weighted by Crippen LogP contribution is 2.27. The van der Waals surface area contributed by atoms with Crippen LogP contribution in [0.1, 0.15) is 5.56 Å². The fourth-order valence-electron chi connectivity index (χ4n) is 2.37. The maximum absolute atomic E-state index is 13.7. The Hall–Kier alpha value is -2.76. The fourth-order valence-corrected chi connectivity index (χ4v) is 2.37. The molecule has 23 heavy (non-hydrogen) atoms. The van der Waals surface area contributed by atoms with Crippen molar-refractivity contribution in [3.63, 3.8) is 0 Å². The van der Waals surface area contributed by atoms with E-state index in [1.165, 1.54) is 31.6 Å². The first-order valence-electron chi connectivity index (χ1n) is 7.14. The van der Waals surface area contributed by atoms with E-state index in [0.717, 1.165) is 5.56 Å². The molecule has 0 saturated carbocycles. The lowest BCUT2D eigenvalue weighted by Gasteiger charge is -2.10. The van der Waals surface area contributed by atoms with Crippen LogP contribution in [0.4, 0.5) is 14.6 Å². The van der Waals surface area contributed by atoms with E-state index in [1.807, 2.05) is 6.07 Å². The van der Waals surface area contributed by atoms with Gasteiger partial charge in [-0.2, -0.15) is 0 Å². The molecule has 0 aliphatic carbocycles. The number of methoxy groups -OCH3 is 1. The van der Waals surface area contributed by atoms with Crippen molar-refractivity contribution in [1.82, 2.24) is 9.97 Å². The summed E-state index contributed by atoms with van der Waals surface area (Å²) in [5.74, 6) is 0.00444. The molecule has 2 aromatic carbocycles. The zero-order chi connectivity index (χ0) is 16.2. The first kappa shape index (κ1) is 15.1. The fraction of sp³-hybridized carbons (Fsp3) is 0.176. The molecule has 3 aromatic rings. The summed E-state index contributed by atoms with van der Waals surface area (Å²) >= 11 is 0. The molecule has 118 valence electrons. The van der Waals surface area contributed by atoms with Crippen molar-refractivity contribution < 1.29 is 13.5 Å². The lowest BCUT2D eigenvalue weighted by molar-refractivity contribution is 0.387. The van der Waals surface area contributed by atoms with Gasteiger partial charge in [-0.15, -0.1) is 0 Å². The molecule has 0 saturated heterocycles. The summed E-state index contributed by atoms with van der Waals surface area (Å²) in [6.45, 7) is 0.565. The SMILES string of the molecule is COc1cc2c(NCCc3cccc(F)c3)ncnc2cc1F. The summed E-state index contributed by atoms with van der Waals surface area (Å²) in [4.78, 5) is 8.25. The molecule has 0 bridgehead atoms. The highest BCUT2D eigenvalue weighted by molar-refractivity contribution is 5.90. The van der Waals surface area contributed by atoms with Gasteiger partial charge < -0.3 is 10.1 Å². The Morgan fingerprint density at radius 3 is 2.78 bits per heavy atom. The van der Waals surface area contributed by atoms with Gasteiger partial charge in [0.2, 0.25) is 0 Å². The largest absolute Gasteiger partial charge is 0.494 e. The minimum atomic E-state index is -0.468. The zero-order valence-electron chi connectivity index (χ0n) is 12.5. The van der Waals surface area contributed by atoms with Gasteiger partial charge in [-0.25, -0.2) is 18.7 Å². The van der Waals surface area contributed by atoms with E-state index < -0.39 is 5.82 Å². The molecule has 0 aliphatic heterocycles. The van der Waals surface area contributed by atoms with Crippen molar-refractivity contribution in [3.8, 4) is 5.75 Å². The molecule has 6 heteroatoms. The van der Waals surface area contributed by atoms with Crippen LogP contribution < -0.4 is 10.1 Å². The van der Waals surface area contributed by atoms with Crippen molar-refractivity contribution >= 4 is 16.7 Å². The minimum absolute atomic E-state index is 0.139. The number of aromatic nitrogens is 2. The van der Waals surface area contributed by atoms with Gasteiger partial charge in [-0.05, 0) is 30.2 Å². The second-order valence-electron chi connectivity index (χ2n) is 5.03. The highest BCUT2D eigenvalue weighted by atomic mass is 19.1. The lowest BCUT2D eigenvalue weighted by atomic mass is 10.1. The molecular formula is C17H15F2N3O. The van der Waals surface area contributed by atoms with E-state index in [-0.39, 0.29) is 11.6 Å². The predicted molar refractivity (Wildman–Crippen MR) is 84.6 cm³/mol. The lowest BCUT2D eigenvalue weighted by Crippen LogP contribution is -2.07. The molecule has 4 nitrogen and oxygen atoms in total. The molecule has 0 aliphatic rings. The van der Waals surface area contributed by atoms with Crippen LogP contribution in [0.3, 0.4) is 0 Å². The van der Waals surface area contributed by atoms with E-state index in [1.54, 1.807) is 12.1 Å². The number of anilines is 1. The Morgan fingerprint density at radius 2 is 2.00 bits per heavy atom. The monoisotopic (exact) mass is 315 g/mol. The minimum Gasteiger partial charge on any atom is -0.494 e. The summed E-state index contributed by atoms with van der Waals surface area (Å²) in [7, 11) is 1.41. The average Bonchev–Trinajstić information content (AvgIpc) is 2.54. The number of hydrogen-bond donors (Lipinski definition) is 1. The van der Waals surface area contributed by atoms with Crippen molar-refractivity contribution in [2.45, 2.75) is 6.42 Å². The molecule has 0 fully saturated rings. The Morgan fingerprint density at radius 1 is 1.13 bits per heavy atom. The van der Waals surface area contributed by atoms with E-state index in [9.17, 15) is 8.78 Å². The summed E-state index contributed by atoms with van der Waals surface area (Å²) in [6, 6.07) is 9.33. The van der Waals surface area contributed by atoms with Crippen molar-refractivity contribution in [3.05, 3.63) is 59.9 Å². The molecule has 0 spiro atoms. The molecule has 0 unspecified atom stereocenters. The van der Waals surface area contributed by atoms with Crippen LogP contribution in [0, 0.1) is 11.6 Å². The van der Waals surface area contributed by atoms with Crippen LogP contribution in [-0.4, -0.2) is 23.6 Å². The molecule has 0 radical (unpaired) electrons. The summed E-state index contributed by atoms with van der Waals surface area (Å²) in [6.07, 6.45) is 2.01. The number of ether oxygens (including phenoxy) is 1. The van der Waals surface area contributed by atoms with Gasteiger partial charge in [0, 0.05) is 18.0 Å². The first-order valence-corrected chi connectivity index (χ1v) is 7.14. The van der Waals surface area contributed by atoms with Gasteiger partial charge in [0.15, 0.2) is 11.6 Å². The Bertz CT molecular complexity index is 839. The molecule has 0 amide bonds. The second kappa shape index (κ2) is 6.56. The number of halogens is 2. The number of nitrogens with one attached hydrogen (secondary N) is 1. The first-order chi connectivity index (χ1) is 11.2. The van der Waals surface area contributed by atoms with Crippen molar-refractivity contribution in [1.29, 1.82) is 0 Å². The van der Waals surface area contributed by atoms with Crippen LogP contribution in [0.5, 0.6) is 5.75 Å². The number of rotatable bonds is 5. The number of nitrogens with zero attached hydrogens (tertiary/aromatic N) is 2. The summed E-state index contributed by atoms with van der Waals surface area (Å²) < 4.78 is 31.9. The molecular weight excluding hydrogens is 300 g/mol. The van der Waals surface area contributed by atoms with Crippen molar-refractivity contribution in [2.75, 3.05) is 19.0 Å². The highest BCUT2D eigenvalue weighted by Gasteiger charge is 2.10. The standard InChI is InChI=1S/C17H15F2N3O/c1-23-16-8-13-15(9-14(16)19)21-10-22-17(13)20-6-5-11-3-2-4-12(18)7-11/h2-4,7-10H,5-6H2,1H3,(H,20,21,22). The van der Waals surface area contributed by atoms with E-state index >= 15 is 0 Å². The summed E-state index contributed by atoms with van der Waals surface area (Å²) in [5, 5.41) is 3.85. The molecule has 1 N–H and O–H groups in total. The van der Waals surface area contributed by atoms with Crippen LogP contribution in [0.2, 0.25) is 0 Å². The van der Waals surface area contributed by atoms with Crippen molar-refractivity contribution in [2.24, 2.45) is 0 Å². The Balaban J connectivity index is 1.80. The van der Waals surface area contributed by atoms with Crippen LogP contribution in [0.15, 0.2) is 42.7 Å². The molecule has 1 heterocycles. The Labute approximate surface area is 132 Å². The van der Waals surface area contributed by atoms with Gasteiger partial charge in [0.25, 0.3) is 0 Å². The second-order valence-corrected chi connectivity index (χ2v) is 5.03. The van der Waals surface area contributed by atoms with Gasteiger partial charge in [-0.3, -0.25) is 0 Å². The average molecular weight is 315 g/mol. The maximum Gasteiger partial charge on any atom is 0.167 e. The van der Waals surface area contributed by atoms with Gasteiger partial charge in [-0.1, -0.05) is 12.1 Å². The van der Waals surface area contributed by atoms with Crippen LogP contribution in [0.25, 0.3) is 10.9 Å². The number of fused-ring (bicyclic) bond motifs is 1. The quantitative estimate of drug-likeness (QED) is 0.782. The van der Waals surface area contributed by atoms with E-state index in [0.29, 0.717) is 29.7 Å². The smallest absolute Gasteiger partial charge is 0.167 e. The third kappa shape index (κ3) is 3.36. The Kier molecular flexibility index (Phi) is 4.32. The molecule has 3 rings (SSSR count). The zero-order valence-corrected chi connectivity index (χ0v) is 12.5. The van der Waals surface area contributed by atoms with E-state index in [4.69, 9.17) is 4.74 Å². The van der Waals surface area contributed by atoms with Crippen LogP contribution >= 0.6 is 0 Å². The van der Waals surface area contributed by atoms with Crippen LogP contribution in [-0.2, 0) is 6.42 Å². The predicted octanol–water partition coefficient (Wildman–Crippen LogP) is 3.57. The van der Waals surface area contributed by atoms with Gasteiger partial charge in [0.05, 0.1) is 12.6 Å². The third-order valence-electron chi connectivity index (χ3n) is 3.50. The number of hydrogen-bond acceptors (Lipinski definition) is 4. The van der Waals surface area contributed by atoms with Gasteiger partial charge in [0.1, 0.15) is 18.0 Å². The topological polar surface area (TPSA) is 47.0 Å². The summed E-state index contributed by atoms with van der Waals surface area (Å²) in [5.41, 5.74) is 1.38. The normalized spacial score (nSPS) is 10.7. The number of benzene rings is 2. The third-order valence-corrected chi connectivity index (χ3v) is 3.50. The molecule has 1 aromatic heterocycles. The maximum atomic E-state index is 13.7. The van der Waals surface area contributed by atoms with E-state index in [2.05, 4.69) is 15.3 Å².